The minimum Gasteiger partial charge on any atom is -1.00 e. The summed E-state index contributed by atoms with van der Waals surface area (Å²) in [4.78, 5) is 0. The summed E-state index contributed by atoms with van der Waals surface area (Å²) in [5.41, 5.74) is 6.56. The van der Waals surface area contributed by atoms with Crippen molar-refractivity contribution in [2.45, 2.75) is 34.1 Å². The maximum absolute atomic E-state index is 3.19. The van der Waals surface area contributed by atoms with Crippen LogP contribution in [0.2, 0.25) is 0 Å². The van der Waals surface area contributed by atoms with Crippen LogP contribution in [0.15, 0.2) is 65.9 Å². The van der Waals surface area contributed by atoms with E-state index in [1.165, 1.54) is 38.9 Å². The molecule has 26 heavy (non-hydrogen) atoms. The van der Waals surface area contributed by atoms with Crippen LogP contribution >= 0.6 is 0 Å². The van der Waals surface area contributed by atoms with Gasteiger partial charge in [-0.2, -0.15) is 6.08 Å². The van der Waals surface area contributed by atoms with Gasteiger partial charge in [0.25, 0.3) is 0 Å². The molecule has 1 heterocycles. The van der Waals surface area contributed by atoms with Crippen molar-refractivity contribution >= 4 is 10.8 Å². The molecule has 1 aliphatic rings. The third kappa shape index (κ3) is 5.41. The van der Waals surface area contributed by atoms with Crippen LogP contribution < -0.4 is 9.41 Å². The molecule has 2 aromatic carbocycles. The Morgan fingerprint density at radius 2 is 1.69 bits per heavy atom. The van der Waals surface area contributed by atoms with Crippen LogP contribution in [-0.2, 0) is 26.2 Å². The molecule has 3 aromatic rings. The summed E-state index contributed by atoms with van der Waals surface area (Å²) in [5, 5.41) is 2.62. The number of fused-ring (bicyclic) bond motifs is 1. The average Bonchev–Trinajstić information content (AvgIpc) is 3.19. The number of halogens is 2. The molecular weight excluding hydrogens is 407 g/mol. The first-order valence-electron chi connectivity index (χ1n) is 8.10. The molecule has 134 valence electrons. The van der Waals surface area contributed by atoms with E-state index >= 15 is 0 Å². The molecule has 0 bridgehead atoms. The van der Waals surface area contributed by atoms with E-state index in [-0.39, 0.29) is 35.6 Å². The molecule has 0 saturated carbocycles. The standard InChI is InChI=1S/C15H14N.C7H9.2FH.Zr/c1-11-7-12(2)16(10-11)15-8-13-5-3-4-6-14(13)9-15;1-6-4-3-5-7(6)2;;;/h3-10H,1-2H3;4H,3H2,1-2H3;2*1H;/q2*-1;;;+4/p-2. The van der Waals surface area contributed by atoms with E-state index in [0.717, 1.165) is 6.42 Å². The van der Waals surface area contributed by atoms with Gasteiger partial charge in [0.05, 0.1) is 0 Å². The van der Waals surface area contributed by atoms with Gasteiger partial charge in [-0.3, -0.25) is 6.08 Å². The quantitative estimate of drug-likeness (QED) is 0.481. The molecule has 0 amide bonds. The van der Waals surface area contributed by atoms with Crippen LogP contribution in [-0.4, -0.2) is 4.57 Å². The number of aryl methyl sites for hydroxylation is 2. The molecule has 0 radical (unpaired) electrons. The number of nitrogens with zero attached hydrogens (tertiary/aromatic N) is 1. The Morgan fingerprint density at radius 3 is 2.15 bits per heavy atom. The zero-order valence-electron chi connectivity index (χ0n) is 15.6. The second kappa shape index (κ2) is 10.5. The SMILES string of the molecule is CC1=[C-]CC=C1C.Cc1cc(C)n(-c2cc3ccccc3[cH-]2)c1.[F-].[F-].[Zr+4]. The predicted octanol–water partition coefficient (Wildman–Crippen LogP) is 0.0576. The van der Waals surface area contributed by atoms with E-state index in [0.29, 0.717) is 0 Å². The molecule has 0 saturated heterocycles. The second-order valence-corrected chi connectivity index (χ2v) is 6.26. The third-order valence-electron chi connectivity index (χ3n) is 4.40. The molecule has 1 aliphatic carbocycles. The molecule has 0 atom stereocenters. The molecule has 1 nitrogen and oxygen atoms in total. The second-order valence-electron chi connectivity index (χ2n) is 6.26. The summed E-state index contributed by atoms with van der Waals surface area (Å²) < 4.78 is 2.25. The summed E-state index contributed by atoms with van der Waals surface area (Å²) in [6.45, 7) is 8.49. The van der Waals surface area contributed by atoms with Gasteiger partial charge in [-0.25, -0.2) is 11.1 Å². The third-order valence-corrected chi connectivity index (χ3v) is 4.40. The normalized spacial score (nSPS) is 12.0. The monoisotopic (exact) mass is 429 g/mol. The fraction of sp³-hybridized carbons (Fsp3) is 0.227. The zero-order valence-corrected chi connectivity index (χ0v) is 18.1. The average molecular weight is 431 g/mol. The van der Waals surface area contributed by atoms with Crippen molar-refractivity contribution in [3.8, 4) is 5.69 Å². The first-order chi connectivity index (χ1) is 11.0. The maximum atomic E-state index is 3.19. The minimum atomic E-state index is 0. The van der Waals surface area contributed by atoms with Gasteiger partial charge in [0, 0.05) is 11.9 Å². The van der Waals surface area contributed by atoms with Crippen LogP contribution in [0.1, 0.15) is 31.5 Å². The van der Waals surface area contributed by atoms with Crippen molar-refractivity contribution in [2.75, 3.05) is 0 Å². The van der Waals surface area contributed by atoms with Gasteiger partial charge in [0.2, 0.25) is 0 Å². The first-order valence-corrected chi connectivity index (χ1v) is 8.10. The Balaban J connectivity index is 0.000000542. The molecule has 0 aliphatic heterocycles. The van der Waals surface area contributed by atoms with Crippen molar-refractivity contribution in [1.82, 2.24) is 4.57 Å². The predicted molar refractivity (Wildman–Crippen MR) is 99.1 cm³/mol. The Kier molecular flexibility index (Phi) is 9.80. The Bertz CT molecular complexity index is 851. The van der Waals surface area contributed by atoms with Crippen LogP contribution in [0.5, 0.6) is 0 Å². The van der Waals surface area contributed by atoms with E-state index in [2.05, 4.69) is 93.1 Å². The molecule has 0 unspecified atom stereocenters. The number of rotatable bonds is 1. The van der Waals surface area contributed by atoms with Crippen LogP contribution in [0, 0.1) is 19.9 Å². The fourth-order valence-corrected chi connectivity index (χ4v) is 2.94. The van der Waals surface area contributed by atoms with E-state index in [1.807, 2.05) is 0 Å². The fourth-order valence-electron chi connectivity index (χ4n) is 2.94. The van der Waals surface area contributed by atoms with E-state index in [4.69, 9.17) is 0 Å². The molecule has 4 rings (SSSR count). The van der Waals surface area contributed by atoms with Crippen LogP contribution in [0.3, 0.4) is 0 Å². The van der Waals surface area contributed by atoms with Crippen molar-refractivity contribution in [3.63, 3.8) is 0 Å². The Labute approximate surface area is 173 Å². The van der Waals surface area contributed by atoms with E-state index in [9.17, 15) is 0 Å². The van der Waals surface area contributed by atoms with E-state index in [1.54, 1.807) is 0 Å². The van der Waals surface area contributed by atoms with Gasteiger partial charge in [-0.05, 0) is 31.2 Å². The summed E-state index contributed by atoms with van der Waals surface area (Å²) in [5.74, 6) is 0. The van der Waals surface area contributed by atoms with Gasteiger partial charge in [-0.1, -0.05) is 13.0 Å². The summed E-state index contributed by atoms with van der Waals surface area (Å²) in [6.07, 6.45) is 8.59. The maximum Gasteiger partial charge on any atom is 4.00 e. The van der Waals surface area contributed by atoms with Gasteiger partial charge in [0.15, 0.2) is 0 Å². The molecule has 0 fully saturated rings. The molecule has 4 heteroatoms. The van der Waals surface area contributed by atoms with Crippen molar-refractivity contribution in [1.29, 1.82) is 0 Å². The topological polar surface area (TPSA) is 4.93 Å². The summed E-state index contributed by atoms with van der Waals surface area (Å²) in [7, 11) is 0. The number of allylic oxidation sites excluding steroid dienone is 4. The number of benzene rings is 1. The number of hydrogen-bond acceptors (Lipinski definition) is 0. The molecule has 0 N–H and O–H groups in total. The zero-order chi connectivity index (χ0) is 16.4. The molecular formula is C22H23F2NZr. The summed E-state index contributed by atoms with van der Waals surface area (Å²) in [6, 6.07) is 15.2. The van der Waals surface area contributed by atoms with Gasteiger partial charge < -0.3 is 14.0 Å². The van der Waals surface area contributed by atoms with Crippen LogP contribution in [0.25, 0.3) is 16.5 Å². The number of aromatic nitrogens is 1. The van der Waals surface area contributed by atoms with Crippen LogP contribution in [0.4, 0.5) is 0 Å². The Morgan fingerprint density at radius 1 is 1.00 bits per heavy atom. The van der Waals surface area contributed by atoms with Gasteiger partial charge in [-0.15, -0.1) is 54.4 Å². The summed E-state index contributed by atoms with van der Waals surface area (Å²) >= 11 is 0. The molecule has 0 spiro atoms. The van der Waals surface area contributed by atoms with Gasteiger partial charge in [0.1, 0.15) is 0 Å². The van der Waals surface area contributed by atoms with Crippen molar-refractivity contribution in [2.24, 2.45) is 0 Å². The van der Waals surface area contributed by atoms with Gasteiger partial charge >= 0.3 is 26.2 Å². The first kappa shape index (κ1) is 24.3. The smallest absolute Gasteiger partial charge is 1.00 e. The van der Waals surface area contributed by atoms with Crippen molar-refractivity contribution < 1.29 is 35.6 Å². The largest absolute Gasteiger partial charge is 4.00 e. The molecule has 1 aromatic heterocycles. The Hall–Kier alpha value is -1.67. The number of hydrogen-bond donors (Lipinski definition) is 0. The van der Waals surface area contributed by atoms with Crippen molar-refractivity contribution in [3.05, 3.63) is 83.2 Å². The minimum absolute atomic E-state index is 0. The van der Waals surface area contributed by atoms with E-state index < -0.39 is 0 Å².